The van der Waals surface area contributed by atoms with Gasteiger partial charge in [-0.2, -0.15) is 0 Å². The molecule has 41 heavy (non-hydrogen) atoms. The maximum atomic E-state index is 10.5. The Labute approximate surface area is 246 Å². The molecule has 0 aromatic heterocycles. The molecule has 1 aliphatic rings. The molecule has 4 aromatic carbocycles. The summed E-state index contributed by atoms with van der Waals surface area (Å²) < 4.78 is 31.6. The van der Waals surface area contributed by atoms with Crippen molar-refractivity contribution in [3.8, 4) is 5.75 Å². The Morgan fingerprint density at radius 1 is 0.610 bits per heavy atom. The summed E-state index contributed by atoms with van der Waals surface area (Å²) in [5, 5.41) is 10.5. The smallest absolute Gasteiger partial charge is 0.137 e. The lowest BCUT2D eigenvalue weighted by molar-refractivity contribution is -0.251. The van der Waals surface area contributed by atoms with Gasteiger partial charge in [-0.1, -0.05) is 103 Å². The van der Waals surface area contributed by atoms with Crippen LogP contribution in [-0.4, -0.2) is 48.7 Å². The Kier molecular flexibility index (Phi) is 10.9. The van der Waals surface area contributed by atoms with Crippen molar-refractivity contribution < 1.29 is 28.8 Å². The zero-order chi connectivity index (χ0) is 28.3. The van der Waals surface area contributed by atoms with Crippen molar-refractivity contribution in [1.82, 2.24) is 0 Å². The number of benzene rings is 4. The van der Waals surface area contributed by atoms with Crippen LogP contribution in [-0.2, 0) is 38.8 Å². The van der Waals surface area contributed by atoms with Gasteiger partial charge in [-0.15, -0.1) is 0 Å². The summed E-state index contributed by atoms with van der Waals surface area (Å²) in [6, 6.07) is 37.9. The van der Waals surface area contributed by atoms with Crippen LogP contribution in [0.15, 0.2) is 120 Å². The van der Waals surface area contributed by atoms with E-state index in [4.69, 9.17) is 23.7 Å². The summed E-state index contributed by atoms with van der Waals surface area (Å²) in [5.74, 6) is 0.780. The van der Waals surface area contributed by atoms with E-state index in [9.17, 15) is 5.11 Å². The molecule has 7 heteroatoms. The quantitative estimate of drug-likeness (QED) is 0.203. The van der Waals surface area contributed by atoms with Crippen molar-refractivity contribution in [2.45, 2.75) is 54.6 Å². The molecule has 4 aromatic rings. The van der Waals surface area contributed by atoms with Crippen LogP contribution >= 0.6 is 11.8 Å². The minimum Gasteiger partial charge on any atom is -0.497 e. The number of thioether (sulfide) groups is 1. The standard InChI is InChI=1S/C34H36O6S/c1-36-28-19-17-27(18-20-28)24-37-31-30(21-35)40-34(41-29-15-9-4-10-16-29)33(39-23-26-13-7-3-8-14-26)32(31)38-22-25-11-5-2-6-12-25/h2-20,30-35H,21-24H2,1H3/t30-,31-,32+,33+,34-/m1/s1. The zero-order valence-corrected chi connectivity index (χ0v) is 23.9. The van der Waals surface area contributed by atoms with Crippen LogP contribution in [0.4, 0.5) is 0 Å². The summed E-state index contributed by atoms with van der Waals surface area (Å²) in [7, 11) is 1.64. The summed E-state index contributed by atoms with van der Waals surface area (Å²) in [6.45, 7) is 0.873. The van der Waals surface area contributed by atoms with Gasteiger partial charge in [0.15, 0.2) is 0 Å². The van der Waals surface area contributed by atoms with E-state index in [2.05, 4.69) is 0 Å². The molecule has 5 atom stereocenters. The van der Waals surface area contributed by atoms with Crippen LogP contribution in [0.5, 0.6) is 5.75 Å². The molecule has 0 saturated carbocycles. The van der Waals surface area contributed by atoms with Gasteiger partial charge in [-0.25, -0.2) is 0 Å². The van der Waals surface area contributed by atoms with Crippen LogP contribution in [0.25, 0.3) is 0 Å². The highest BCUT2D eigenvalue weighted by molar-refractivity contribution is 7.99. The first kappa shape index (κ1) is 29.3. The van der Waals surface area contributed by atoms with E-state index >= 15 is 0 Å². The van der Waals surface area contributed by atoms with E-state index < -0.39 is 29.9 Å². The number of methoxy groups -OCH3 is 1. The molecule has 0 radical (unpaired) electrons. The van der Waals surface area contributed by atoms with E-state index in [0.29, 0.717) is 19.8 Å². The maximum Gasteiger partial charge on any atom is 0.137 e. The number of hydrogen-bond donors (Lipinski definition) is 1. The van der Waals surface area contributed by atoms with Crippen molar-refractivity contribution >= 4 is 11.8 Å². The molecule has 0 spiro atoms. The molecule has 1 heterocycles. The van der Waals surface area contributed by atoms with Gasteiger partial charge in [0.25, 0.3) is 0 Å². The Bertz CT molecular complexity index is 1290. The zero-order valence-electron chi connectivity index (χ0n) is 23.1. The van der Waals surface area contributed by atoms with Gasteiger partial charge < -0.3 is 28.8 Å². The average molecular weight is 573 g/mol. The monoisotopic (exact) mass is 572 g/mol. The van der Waals surface area contributed by atoms with E-state index in [1.54, 1.807) is 18.9 Å². The SMILES string of the molecule is COc1ccc(CO[C@H]2[C@H](OCc3ccccc3)[C@H](OCc3ccccc3)[C@@H](Sc3ccccc3)O[C@@H]2CO)cc1. The summed E-state index contributed by atoms with van der Waals surface area (Å²) >= 11 is 1.57. The number of ether oxygens (including phenoxy) is 5. The van der Waals surface area contributed by atoms with Crippen LogP contribution in [0.1, 0.15) is 16.7 Å². The molecule has 214 valence electrons. The Hall–Kier alpha value is -3.17. The number of rotatable bonds is 13. The molecule has 1 saturated heterocycles. The molecular weight excluding hydrogens is 536 g/mol. The van der Waals surface area contributed by atoms with E-state index in [0.717, 1.165) is 27.3 Å². The minimum atomic E-state index is -0.605. The second-order valence-electron chi connectivity index (χ2n) is 9.80. The third kappa shape index (κ3) is 8.20. The molecule has 5 rings (SSSR count). The predicted octanol–water partition coefficient (Wildman–Crippen LogP) is 6.26. The van der Waals surface area contributed by atoms with Gasteiger partial charge in [0.1, 0.15) is 35.6 Å². The van der Waals surface area contributed by atoms with Crippen LogP contribution in [0.3, 0.4) is 0 Å². The molecule has 0 amide bonds. The second kappa shape index (κ2) is 15.2. The van der Waals surface area contributed by atoms with Crippen LogP contribution < -0.4 is 4.74 Å². The fourth-order valence-electron chi connectivity index (χ4n) is 4.77. The normalized spacial score (nSPS) is 22.3. The fourth-order valence-corrected chi connectivity index (χ4v) is 5.92. The highest BCUT2D eigenvalue weighted by Crippen LogP contribution is 2.38. The number of aliphatic hydroxyl groups excluding tert-OH is 1. The molecule has 0 aliphatic carbocycles. The third-order valence-electron chi connectivity index (χ3n) is 6.94. The molecule has 1 aliphatic heterocycles. The van der Waals surface area contributed by atoms with Crippen molar-refractivity contribution in [2.75, 3.05) is 13.7 Å². The lowest BCUT2D eigenvalue weighted by atomic mass is 9.99. The van der Waals surface area contributed by atoms with Crippen molar-refractivity contribution in [3.63, 3.8) is 0 Å². The predicted molar refractivity (Wildman–Crippen MR) is 160 cm³/mol. The fraction of sp³-hybridized carbons (Fsp3) is 0.294. The van der Waals surface area contributed by atoms with Gasteiger partial charge >= 0.3 is 0 Å². The van der Waals surface area contributed by atoms with Crippen molar-refractivity contribution in [2.24, 2.45) is 0 Å². The first-order valence-electron chi connectivity index (χ1n) is 13.8. The molecule has 1 fully saturated rings. The van der Waals surface area contributed by atoms with Crippen molar-refractivity contribution in [1.29, 1.82) is 0 Å². The second-order valence-corrected chi connectivity index (χ2v) is 11.0. The van der Waals surface area contributed by atoms with Gasteiger partial charge in [-0.05, 0) is 41.0 Å². The van der Waals surface area contributed by atoms with E-state index in [1.807, 2.05) is 115 Å². The minimum absolute atomic E-state index is 0.213. The van der Waals surface area contributed by atoms with E-state index in [-0.39, 0.29) is 6.61 Å². The van der Waals surface area contributed by atoms with Crippen LogP contribution in [0, 0.1) is 0 Å². The number of hydrogen-bond acceptors (Lipinski definition) is 7. The lowest BCUT2D eigenvalue weighted by Crippen LogP contribution is -2.60. The van der Waals surface area contributed by atoms with Gasteiger partial charge in [-0.3, -0.25) is 0 Å². The highest BCUT2D eigenvalue weighted by Gasteiger charge is 2.48. The average Bonchev–Trinajstić information content (AvgIpc) is 3.04. The number of aliphatic hydroxyl groups is 1. The third-order valence-corrected chi connectivity index (χ3v) is 8.09. The van der Waals surface area contributed by atoms with Crippen LogP contribution in [0.2, 0.25) is 0 Å². The van der Waals surface area contributed by atoms with E-state index in [1.165, 1.54) is 0 Å². The summed E-state index contributed by atoms with van der Waals surface area (Å²) in [4.78, 5) is 1.04. The Morgan fingerprint density at radius 2 is 1.10 bits per heavy atom. The van der Waals surface area contributed by atoms with Gasteiger partial charge in [0, 0.05) is 4.90 Å². The Morgan fingerprint density at radius 3 is 1.63 bits per heavy atom. The largest absolute Gasteiger partial charge is 0.497 e. The first-order valence-corrected chi connectivity index (χ1v) is 14.6. The van der Waals surface area contributed by atoms with Crippen molar-refractivity contribution in [3.05, 3.63) is 132 Å². The topological polar surface area (TPSA) is 66.4 Å². The van der Waals surface area contributed by atoms with Gasteiger partial charge in [0.05, 0.1) is 33.5 Å². The molecule has 6 nitrogen and oxygen atoms in total. The highest BCUT2D eigenvalue weighted by atomic mass is 32.2. The molecule has 0 bridgehead atoms. The Balaban J connectivity index is 1.43. The summed E-state index contributed by atoms with van der Waals surface area (Å²) in [6.07, 6.45) is -2.16. The van der Waals surface area contributed by atoms with Gasteiger partial charge in [0.2, 0.25) is 0 Å². The first-order chi connectivity index (χ1) is 20.2. The summed E-state index contributed by atoms with van der Waals surface area (Å²) in [5.41, 5.74) is 2.65. The lowest BCUT2D eigenvalue weighted by Gasteiger charge is -2.45. The molecule has 0 unspecified atom stereocenters. The molecule has 1 N–H and O–H groups in total. The molecular formula is C34H36O6S. The maximum absolute atomic E-state index is 10.5.